The summed E-state index contributed by atoms with van der Waals surface area (Å²) in [6.45, 7) is 8.11. The van der Waals surface area contributed by atoms with Gasteiger partial charge in [-0.05, 0) is 31.2 Å². The molecule has 2 aromatic heterocycles. The van der Waals surface area contributed by atoms with Gasteiger partial charge in [-0.2, -0.15) is 10.2 Å². The molecule has 0 unspecified atom stereocenters. The van der Waals surface area contributed by atoms with E-state index in [0.717, 1.165) is 16.6 Å². The molecular weight excluding hydrogens is 366 g/mol. The van der Waals surface area contributed by atoms with Crippen LogP contribution in [0.3, 0.4) is 0 Å². The molecule has 1 amide bonds. The van der Waals surface area contributed by atoms with Crippen molar-refractivity contribution in [2.24, 2.45) is 0 Å². The summed E-state index contributed by atoms with van der Waals surface area (Å²) in [5.74, 6) is 0.260. The number of aromatic amines is 1. The Morgan fingerprint density at radius 3 is 2.55 bits per heavy atom. The number of phenols is 1. The summed E-state index contributed by atoms with van der Waals surface area (Å²) in [4.78, 5) is 13.1. The number of nitrogens with one attached hydrogen (secondary N) is 2. The molecule has 0 atom stereocenters. The normalized spacial score (nSPS) is 11.7. The zero-order valence-corrected chi connectivity index (χ0v) is 16.8. The first-order valence-electron chi connectivity index (χ1n) is 9.38. The van der Waals surface area contributed by atoms with E-state index in [1.807, 2.05) is 52.0 Å². The van der Waals surface area contributed by atoms with Gasteiger partial charge in [-0.1, -0.05) is 38.5 Å². The summed E-state index contributed by atoms with van der Waals surface area (Å²) >= 11 is 0. The number of H-pyrrole nitrogens is 1. The van der Waals surface area contributed by atoms with Crippen molar-refractivity contribution in [3.8, 4) is 11.4 Å². The second kappa shape index (κ2) is 6.77. The SMILES string of the molecule is Cc1ccc(-n2cc(C(=O)Nc3n[nH]c4cc(O)ccc34)c(C(C)(C)C)n2)cc1. The number of benzene rings is 2. The fourth-order valence-electron chi connectivity index (χ4n) is 3.20. The predicted octanol–water partition coefficient (Wildman–Crippen LogP) is 4.31. The first-order valence-corrected chi connectivity index (χ1v) is 9.38. The summed E-state index contributed by atoms with van der Waals surface area (Å²) in [6, 6.07) is 12.8. The fraction of sp³-hybridized carbons (Fsp3) is 0.227. The van der Waals surface area contributed by atoms with E-state index in [2.05, 4.69) is 15.5 Å². The van der Waals surface area contributed by atoms with Crippen molar-refractivity contribution in [2.45, 2.75) is 33.1 Å². The van der Waals surface area contributed by atoms with Crippen LogP contribution < -0.4 is 5.32 Å². The first-order chi connectivity index (χ1) is 13.7. The number of nitrogens with zero attached hydrogens (tertiary/aromatic N) is 3. The van der Waals surface area contributed by atoms with Gasteiger partial charge in [-0.3, -0.25) is 9.89 Å². The average molecular weight is 389 g/mol. The predicted molar refractivity (Wildman–Crippen MR) is 113 cm³/mol. The highest BCUT2D eigenvalue weighted by atomic mass is 16.3. The first kappa shape index (κ1) is 18.7. The average Bonchev–Trinajstić information content (AvgIpc) is 3.27. The standard InChI is InChI=1S/C22H23N5O2/c1-13-5-7-14(8-6-13)27-12-17(19(26-27)22(2,3)4)21(29)23-20-16-10-9-15(28)11-18(16)24-25-20/h5-12,28H,1-4H3,(H2,23,24,25,29). The Kier molecular flexibility index (Phi) is 4.38. The van der Waals surface area contributed by atoms with Gasteiger partial charge in [0.2, 0.25) is 0 Å². The number of hydrogen-bond donors (Lipinski definition) is 3. The maximum absolute atomic E-state index is 13.1. The van der Waals surface area contributed by atoms with Gasteiger partial charge in [0.25, 0.3) is 5.91 Å². The molecule has 0 bridgehead atoms. The van der Waals surface area contributed by atoms with Gasteiger partial charge in [0.15, 0.2) is 5.82 Å². The molecular formula is C22H23N5O2. The number of rotatable bonds is 3. The smallest absolute Gasteiger partial charge is 0.260 e. The lowest BCUT2D eigenvalue weighted by molar-refractivity contribution is 0.102. The second-order valence-electron chi connectivity index (χ2n) is 8.18. The molecule has 0 aliphatic rings. The van der Waals surface area contributed by atoms with Crippen molar-refractivity contribution in [3.63, 3.8) is 0 Å². The van der Waals surface area contributed by atoms with E-state index < -0.39 is 0 Å². The Morgan fingerprint density at radius 2 is 1.86 bits per heavy atom. The van der Waals surface area contributed by atoms with Crippen LogP contribution in [-0.4, -0.2) is 31.0 Å². The summed E-state index contributed by atoms with van der Waals surface area (Å²) in [5.41, 5.74) is 3.57. The number of phenolic OH excluding ortho intramolecular Hbond substituents is 1. The maximum Gasteiger partial charge on any atom is 0.260 e. The van der Waals surface area contributed by atoms with Crippen LogP contribution in [-0.2, 0) is 5.41 Å². The van der Waals surface area contributed by atoms with Gasteiger partial charge in [0.1, 0.15) is 5.75 Å². The molecule has 0 saturated carbocycles. The Labute approximate surface area is 168 Å². The van der Waals surface area contributed by atoms with Crippen molar-refractivity contribution in [2.75, 3.05) is 5.32 Å². The Bertz CT molecular complexity index is 1200. The van der Waals surface area contributed by atoms with E-state index in [9.17, 15) is 9.90 Å². The van der Waals surface area contributed by atoms with Gasteiger partial charge in [0, 0.05) is 23.1 Å². The second-order valence-corrected chi connectivity index (χ2v) is 8.18. The number of amides is 1. The monoisotopic (exact) mass is 389 g/mol. The molecule has 7 nitrogen and oxygen atoms in total. The molecule has 0 saturated heterocycles. The van der Waals surface area contributed by atoms with Crippen molar-refractivity contribution >= 4 is 22.6 Å². The van der Waals surface area contributed by atoms with Crippen molar-refractivity contribution in [1.82, 2.24) is 20.0 Å². The molecule has 0 aliphatic heterocycles. The number of carbonyl (C=O) groups is 1. The highest BCUT2D eigenvalue weighted by Gasteiger charge is 2.27. The number of aryl methyl sites for hydroxylation is 1. The van der Waals surface area contributed by atoms with Gasteiger partial charge >= 0.3 is 0 Å². The van der Waals surface area contributed by atoms with Crippen LogP contribution in [0, 0.1) is 6.92 Å². The highest BCUT2D eigenvalue weighted by Crippen LogP contribution is 2.28. The zero-order valence-electron chi connectivity index (χ0n) is 16.8. The van der Waals surface area contributed by atoms with Gasteiger partial charge in [-0.15, -0.1) is 0 Å². The van der Waals surface area contributed by atoms with E-state index in [1.54, 1.807) is 29.1 Å². The molecule has 7 heteroatoms. The molecule has 0 spiro atoms. The lowest BCUT2D eigenvalue weighted by Gasteiger charge is -2.17. The molecule has 29 heavy (non-hydrogen) atoms. The summed E-state index contributed by atoms with van der Waals surface area (Å²) < 4.78 is 1.73. The van der Waals surface area contributed by atoms with Crippen LogP contribution in [0.4, 0.5) is 5.82 Å². The van der Waals surface area contributed by atoms with E-state index >= 15 is 0 Å². The maximum atomic E-state index is 13.1. The van der Waals surface area contributed by atoms with E-state index in [4.69, 9.17) is 5.10 Å². The highest BCUT2D eigenvalue weighted by molar-refractivity contribution is 6.08. The van der Waals surface area contributed by atoms with Crippen molar-refractivity contribution < 1.29 is 9.90 Å². The topological polar surface area (TPSA) is 95.8 Å². The Hall–Kier alpha value is -3.61. The Morgan fingerprint density at radius 1 is 1.14 bits per heavy atom. The van der Waals surface area contributed by atoms with E-state index in [0.29, 0.717) is 22.6 Å². The third kappa shape index (κ3) is 3.59. The lowest BCUT2D eigenvalue weighted by atomic mass is 9.89. The van der Waals surface area contributed by atoms with Gasteiger partial charge in [-0.25, -0.2) is 4.68 Å². The number of aromatic hydroxyl groups is 1. The van der Waals surface area contributed by atoms with Gasteiger partial charge in [0.05, 0.1) is 22.5 Å². The van der Waals surface area contributed by atoms with Crippen LogP contribution in [0.25, 0.3) is 16.6 Å². The van der Waals surface area contributed by atoms with Crippen molar-refractivity contribution in [1.29, 1.82) is 0 Å². The third-order valence-electron chi connectivity index (χ3n) is 4.75. The van der Waals surface area contributed by atoms with E-state index in [1.165, 1.54) is 0 Å². The number of carbonyl (C=O) groups excluding carboxylic acids is 1. The summed E-state index contributed by atoms with van der Waals surface area (Å²) in [5, 5.41) is 24.9. The third-order valence-corrected chi connectivity index (χ3v) is 4.75. The quantitative estimate of drug-likeness (QED) is 0.486. The zero-order chi connectivity index (χ0) is 20.8. The number of fused-ring (bicyclic) bond motifs is 1. The van der Waals surface area contributed by atoms with Crippen LogP contribution in [0.2, 0.25) is 0 Å². The van der Waals surface area contributed by atoms with Crippen LogP contribution in [0.5, 0.6) is 5.75 Å². The van der Waals surface area contributed by atoms with Crippen LogP contribution in [0.15, 0.2) is 48.7 Å². The lowest BCUT2D eigenvalue weighted by Crippen LogP contribution is -2.20. The molecule has 148 valence electrons. The molecule has 0 radical (unpaired) electrons. The number of aromatic nitrogens is 4. The minimum absolute atomic E-state index is 0.133. The van der Waals surface area contributed by atoms with Crippen LogP contribution in [0.1, 0.15) is 42.4 Å². The largest absolute Gasteiger partial charge is 0.508 e. The van der Waals surface area contributed by atoms with Gasteiger partial charge < -0.3 is 10.4 Å². The molecule has 2 heterocycles. The fourth-order valence-corrected chi connectivity index (χ4v) is 3.20. The minimum Gasteiger partial charge on any atom is -0.508 e. The number of hydrogen-bond acceptors (Lipinski definition) is 4. The van der Waals surface area contributed by atoms with E-state index in [-0.39, 0.29) is 17.1 Å². The Balaban J connectivity index is 1.72. The minimum atomic E-state index is -0.317. The molecule has 3 N–H and O–H groups in total. The van der Waals surface area contributed by atoms with Crippen LogP contribution >= 0.6 is 0 Å². The molecule has 4 aromatic rings. The van der Waals surface area contributed by atoms with Crippen molar-refractivity contribution in [3.05, 3.63) is 65.5 Å². The number of anilines is 1. The molecule has 4 rings (SSSR count). The molecule has 0 aliphatic carbocycles. The molecule has 0 fully saturated rings. The summed E-state index contributed by atoms with van der Waals surface area (Å²) in [6.07, 6.45) is 1.75. The molecule has 2 aromatic carbocycles. The summed E-state index contributed by atoms with van der Waals surface area (Å²) in [7, 11) is 0.